The maximum atomic E-state index is 12.5. The van der Waals surface area contributed by atoms with Gasteiger partial charge in [0.1, 0.15) is 6.54 Å². The summed E-state index contributed by atoms with van der Waals surface area (Å²) in [4.78, 5) is 38.2. The summed E-state index contributed by atoms with van der Waals surface area (Å²) in [6, 6.07) is 3.07. The molecule has 1 saturated heterocycles. The fraction of sp³-hybridized carbons (Fsp3) is 0.500. The third-order valence-corrected chi connectivity index (χ3v) is 4.20. The van der Waals surface area contributed by atoms with Crippen molar-refractivity contribution in [3.05, 3.63) is 22.4 Å². The molecule has 0 spiro atoms. The van der Waals surface area contributed by atoms with Crippen LogP contribution in [0.4, 0.5) is 4.79 Å². The summed E-state index contributed by atoms with van der Waals surface area (Å²) in [6.07, 6.45) is 0. The third-order valence-electron chi connectivity index (χ3n) is 3.11. The van der Waals surface area contributed by atoms with Gasteiger partial charge in [-0.2, -0.15) is 0 Å². The van der Waals surface area contributed by atoms with E-state index in [1.54, 1.807) is 13.0 Å². The van der Waals surface area contributed by atoms with Gasteiger partial charge in [-0.3, -0.25) is 14.5 Å². The van der Waals surface area contributed by atoms with Crippen LogP contribution in [-0.2, 0) is 15.1 Å². The van der Waals surface area contributed by atoms with Crippen molar-refractivity contribution in [1.82, 2.24) is 15.5 Å². The van der Waals surface area contributed by atoms with Gasteiger partial charge in [-0.05, 0) is 39.1 Å². The first kappa shape index (κ1) is 15.5. The molecule has 114 valence electrons. The number of nitrogens with one attached hydrogen (secondary N) is 2. The molecule has 1 atom stereocenters. The maximum absolute atomic E-state index is 12.5. The molecule has 0 radical (unpaired) electrons. The molecule has 4 amide bonds. The fourth-order valence-corrected chi connectivity index (χ4v) is 3.01. The number of urea groups is 1. The molecule has 0 aromatic carbocycles. The minimum atomic E-state index is -1.09. The highest BCUT2D eigenvalue weighted by molar-refractivity contribution is 7.10. The first-order chi connectivity index (χ1) is 9.63. The molecule has 1 aromatic rings. The molecule has 7 heteroatoms. The van der Waals surface area contributed by atoms with Crippen LogP contribution in [0.3, 0.4) is 0 Å². The van der Waals surface area contributed by atoms with Gasteiger partial charge in [0.15, 0.2) is 5.54 Å². The number of rotatable bonds is 3. The Morgan fingerprint density at radius 1 is 1.43 bits per heavy atom. The Morgan fingerprint density at radius 2 is 2.10 bits per heavy atom. The number of hydrogen-bond acceptors (Lipinski definition) is 4. The summed E-state index contributed by atoms with van der Waals surface area (Å²) in [5.41, 5.74) is -1.50. The lowest BCUT2D eigenvalue weighted by atomic mass is 10.0. The van der Waals surface area contributed by atoms with E-state index in [4.69, 9.17) is 0 Å². The first-order valence-electron chi connectivity index (χ1n) is 6.62. The molecule has 21 heavy (non-hydrogen) atoms. The minimum Gasteiger partial charge on any atom is -0.350 e. The smallest absolute Gasteiger partial charge is 0.325 e. The molecule has 1 aliphatic rings. The molecule has 0 saturated carbocycles. The topological polar surface area (TPSA) is 78.5 Å². The highest BCUT2D eigenvalue weighted by atomic mass is 32.1. The third kappa shape index (κ3) is 3.07. The number of carbonyl (C=O) groups excluding carboxylic acids is 3. The van der Waals surface area contributed by atoms with Crippen LogP contribution in [-0.4, -0.2) is 34.8 Å². The molecule has 6 nitrogen and oxygen atoms in total. The summed E-state index contributed by atoms with van der Waals surface area (Å²) in [6.45, 7) is 6.90. The quantitative estimate of drug-likeness (QED) is 0.829. The number of imide groups is 1. The van der Waals surface area contributed by atoms with E-state index < -0.39 is 23.0 Å². The van der Waals surface area contributed by atoms with Crippen molar-refractivity contribution in [2.45, 2.75) is 38.8 Å². The normalized spacial score (nSPS) is 22.4. The fourth-order valence-electron chi connectivity index (χ4n) is 2.17. The number of hydrogen-bond donors (Lipinski definition) is 2. The zero-order chi connectivity index (χ0) is 15.8. The van der Waals surface area contributed by atoms with E-state index in [-0.39, 0.29) is 12.5 Å². The van der Waals surface area contributed by atoms with Gasteiger partial charge < -0.3 is 10.6 Å². The summed E-state index contributed by atoms with van der Waals surface area (Å²) in [5, 5.41) is 7.25. The first-order valence-corrected chi connectivity index (χ1v) is 7.50. The van der Waals surface area contributed by atoms with Crippen LogP contribution < -0.4 is 10.6 Å². The SMILES string of the molecule is CC(C)(C)NC(=O)CN1C(=O)N[C@](C)(c2cccs2)C1=O. The molecular formula is C14H19N3O3S. The number of carbonyl (C=O) groups is 3. The second kappa shape index (κ2) is 5.14. The predicted molar refractivity (Wildman–Crippen MR) is 79.8 cm³/mol. The molecule has 0 aliphatic carbocycles. The summed E-state index contributed by atoms with van der Waals surface area (Å²) >= 11 is 1.39. The summed E-state index contributed by atoms with van der Waals surface area (Å²) < 4.78 is 0. The van der Waals surface area contributed by atoms with Crippen molar-refractivity contribution >= 4 is 29.2 Å². The van der Waals surface area contributed by atoms with Gasteiger partial charge in [0.2, 0.25) is 5.91 Å². The van der Waals surface area contributed by atoms with E-state index in [0.29, 0.717) is 0 Å². The molecular weight excluding hydrogens is 290 g/mol. The lowest BCUT2D eigenvalue weighted by Crippen LogP contribution is -2.48. The molecule has 2 heterocycles. The largest absolute Gasteiger partial charge is 0.350 e. The Labute approximate surface area is 127 Å². The molecule has 1 aliphatic heterocycles. The van der Waals surface area contributed by atoms with E-state index in [1.807, 2.05) is 32.2 Å². The predicted octanol–water partition coefficient (Wildman–Crippen LogP) is 1.43. The molecule has 2 N–H and O–H groups in total. The van der Waals surface area contributed by atoms with Gasteiger partial charge in [-0.1, -0.05) is 6.07 Å². The zero-order valence-electron chi connectivity index (χ0n) is 12.5. The van der Waals surface area contributed by atoms with E-state index in [2.05, 4.69) is 10.6 Å². The van der Waals surface area contributed by atoms with Crippen molar-refractivity contribution in [2.75, 3.05) is 6.54 Å². The van der Waals surface area contributed by atoms with Crippen LogP contribution in [0.15, 0.2) is 17.5 Å². The lowest BCUT2D eigenvalue weighted by Gasteiger charge is -2.23. The van der Waals surface area contributed by atoms with Crippen LogP contribution in [0, 0.1) is 0 Å². The molecule has 2 rings (SSSR count). The van der Waals surface area contributed by atoms with Crippen molar-refractivity contribution in [3.63, 3.8) is 0 Å². The second-order valence-corrected chi connectivity index (χ2v) is 7.17. The monoisotopic (exact) mass is 309 g/mol. The summed E-state index contributed by atoms with van der Waals surface area (Å²) in [7, 11) is 0. The molecule has 1 fully saturated rings. The minimum absolute atomic E-state index is 0.275. The number of nitrogens with zero attached hydrogens (tertiary/aromatic N) is 1. The van der Waals surface area contributed by atoms with Gasteiger partial charge in [0.25, 0.3) is 5.91 Å². The Balaban J connectivity index is 2.14. The Bertz CT molecular complexity index is 577. The summed E-state index contributed by atoms with van der Waals surface area (Å²) in [5.74, 6) is -0.763. The number of thiophene rings is 1. The Morgan fingerprint density at radius 3 is 2.62 bits per heavy atom. The van der Waals surface area contributed by atoms with Crippen molar-refractivity contribution in [2.24, 2.45) is 0 Å². The molecule has 0 bridgehead atoms. The average molecular weight is 309 g/mol. The number of amides is 4. The van der Waals surface area contributed by atoms with Crippen LogP contribution >= 0.6 is 11.3 Å². The van der Waals surface area contributed by atoms with Crippen molar-refractivity contribution < 1.29 is 14.4 Å². The highest BCUT2D eigenvalue weighted by Crippen LogP contribution is 2.31. The maximum Gasteiger partial charge on any atom is 0.325 e. The second-order valence-electron chi connectivity index (χ2n) is 6.22. The lowest BCUT2D eigenvalue weighted by molar-refractivity contribution is -0.135. The molecule has 0 unspecified atom stereocenters. The zero-order valence-corrected chi connectivity index (χ0v) is 13.3. The average Bonchev–Trinajstić information content (AvgIpc) is 2.92. The molecule has 1 aromatic heterocycles. The Kier molecular flexibility index (Phi) is 3.79. The van der Waals surface area contributed by atoms with Gasteiger partial charge in [0, 0.05) is 10.4 Å². The van der Waals surface area contributed by atoms with Crippen molar-refractivity contribution in [3.8, 4) is 0 Å². The highest BCUT2D eigenvalue weighted by Gasteiger charge is 2.50. The Hall–Kier alpha value is -1.89. The van der Waals surface area contributed by atoms with Crippen LogP contribution in [0.1, 0.15) is 32.6 Å². The van der Waals surface area contributed by atoms with E-state index >= 15 is 0 Å². The van der Waals surface area contributed by atoms with Gasteiger partial charge in [-0.15, -0.1) is 11.3 Å². The van der Waals surface area contributed by atoms with Crippen LogP contribution in [0.25, 0.3) is 0 Å². The van der Waals surface area contributed by atoms with Crippen LogP contribution in [0.2, 0.25) is 0 Å². The van der Waals surface area contributed by atoms with Gasteiger partial charge in [-0.25, -0.2) is 4.79 Å². The van der Waals surface area contributed by atoms with E-state index in [1.165, 1.54) is 11.3 Å². The standard InChI is InChI=1S/C14H19N3O3S/c1-13(2,3)15-10(18)8-17-11(19)14(4,16-12(17)20)9-6-5-7-21-9/h5-7H,8H2,1-4H3,(H,15,18)(H,16,20)/t14-/m1/s1. The van der Waals surface area contributed by atoms with E-state index in [9.17, 15) is 14.4 Å². The van der Waals surface area contributed by atoms with Crippen molar-refractivity contribution in [1.29, 1.82) is 0 Å². The van der Waals surface area contributed by atoms with Gasteiger partial charge in [0.05, 0.1) is 0 Å². The van der Waals surface area contributed by atoms with Gasteiger partial charge >= 0.3 is 6.03 Å². The van der Waals surface area contributed by atoms with E-state index in [0.717, 1.165) is 9.78 Å². The van der Waals surface area contributed by atoms with Crippen LogP contribution in [0.5, 0.6) is 0 Å².